The number of carbonyl (C=O) groups excluding carboxylic acids is 2. The van der Waals surface area contributed by atoms with Gasteiger partial charge in [-0.05, 0) is 34.5 Å². The number of nitrogens with zero attached hydrogens (tertiary/aromatic N) is 3. The van der Waals surface area contributed by atoms with Crippen molar-refractivity contribution in [3.63, 3.8) is 0 Å². The van der Waals surface area contributed by atoms with Gasteiger partial charge in [0, 0.05) is 46.5 Å². The summed E-state index contributed by atoms with van der Waals surface area (Å²) in [6.45, 7) is 9.40. The predicted molar refractivity (Wildman–Crippen MR) is 116 cm³/mol. The molecule has 0 aliphatic carbocycles. The number of likely N-dealkylation sites (N-methyl/N-ethyl adjacent to an activating group) is 1. The minimum Gasteiger partial charge on any atom is -0.374 e. The van der Waals surface area contributed by atoms with Gasteiger partial charge in [0.1, 0.15) is 0 Å². The van der Waals surface area contributed by atoms with Crippen molar-refractivity contribution in [3.8, 4) is 11.1 Å². The molecule has 146 valence electrons. The van der Waals surface area contributed by atoms with Crippen LogP contribution in [-0.2, 0) is 4.79 Å². The van der Waals surface area contributed by atoms with E-state index in [1.165, 1.54) is 16.0 Å². The van der Waals surface area contributed by atoms with Gasteiger partial charge >= 0.3 is 6.03 Å². The largest absolute Gasteiger partial charge is 0.374 e. The first-order valence-electron chi connectivity index (χ1n) is 8.92. The quantitative estimate of drug-likeness (QED) is 0.805. The predicted octanol–water partition coefficient (Wildman–Crippen LogP) is 2.65. The van der Waals surface area contributed by atoms with E-state index in [2.05, 4.69) is 13.2 Å². The molecular weight excluding hydrogens is 350 g/mol. The summed E-state index contributed by atoms with van der Waals surface area (Å²) < 4.78 is 0. The molecule has 0 heterocycles. The molecule has 2 rings (SSSR count). The zero-order valence-electron chi connectivity index (χ0n) is 17.2. The number of rotatable bonds is 5. The molecule has 0 radical (unpaired) electrons. The third-order valence-corrected chi connectivity index (χ3v) is 4.39. The number of urea groups is 1. The highest BCUT2D eigenvalue weighted by molar-refractivity contribution is 6.12. The Labute approximate surface area is 166 Å². The number of anilines is 1. The Morgan fingerprint density at radius 3 is 1.89 bits per heavy atom. The van der Waals surface area contributed by atoms with Crippen molar-refractivity contribution >= 4 is 29.8 Å². The van der Waals surface area contributed by atoms with Crippen molar-refractivity contribution < 1.29 is 9.59 Å². The first-order valence-corrected chi connectivity index (χ1v) is 8.92. The first-order chi connectivity index (χ1) is 13.2. The molecule has 2 aromatic rings. The van der Waals surface area contributed by atoms with Crippen LogP contribution in [0.4, 0.5) is 10.5 Å². The second kappa shape index (κ2) is 8.57. The van der Waals surface area contributed by atoms with Crippen LogP contribution < -0.4 is 15.3 Å². The van der Waals surface area contributed by atoms with Gasteiger partial charge in [0.25, 0.3) is 0 Å². The van der Waals surface area contributed by atoms with Gasteiger partial charge < -0.3 is 9.80 Å². The van der Waals surface area contributed by atoms with Gasteiger partial charge in [-0.3, -0.25) is 9.69 Å². The second-order valence-corrected chi connectivity index (χ2v) is 6.95. The minimum absolute atomic E-state index is 0.00192. The maximum Gasteiger partial charge on any atom is 0.328 e. The van der Waals surface area contributed by atoms with Crippen LogP contribution in [0.2, 0.25) is 0 Å². The van der Waals surface area contributed by atoms with Crippen LogP contribution in [0.5, 0.6) is 0 Å². The molecule has 5 nitrogen and oxygen atoms in total. The first kappa shape index (κ1) is 21.0. The van der Waals surface area contributed by atoms with E-state index >= 15 is 0 Å². The van der Waals surface area contributed by atoms with Crippen LogP contribution >= 0.6 is 0 Å². The average molecular weight is 377 g/mol. The van der Waals surface area contributed by atoms with Gasteiger partial charge in [0.15, 0.2) is 5.78 Å². The van der Waals surface area contributed by atoms with Gasteiger partial charge in [0.2, 0.25) is 0 Å². The van der Waals surface area contributed by atoms with Gasteiger partial charge in [-0.25, -0.2) is 4.79 Å². The minimum atomic E-state index is -0.164. The monoisotopic (exact) mass is 377 g/mol. The molecule has 0 N–H and O–H groups in total. The van der Waals surface area contributed by atoms with Crippen LogP contribution in [-0.4, -0.2) is 49.8 Å². The van der Waals surface area contributed by atoms with Crippen molar-refractivity contribution in [3.05, 3.63) is 65.7 Å². The van der Waals surface area contributed by atoms with E-state index in [0.717, 1.165) is 27.3 Å². The van der Waals surface area contributed by atoms with Gasteiger partial charge in [0.05, 0.1) is 11.4 Å². The summed E-state index contributed by atoms with van der Waals surface area (Å²) in [5, 5.41) is 1.61. The van der Waals surface area contributed by atoms with E-state index in [9.17, 15) is 9.59 Å². The van der Waals surface area contributed by atoms with E-state index in [0.29, 0.717) is 5.70 Å². The zero-order chi connectivity index (χ0) is 21.0. The van der Waals surface area contributed by atoms with Crippen LogP contribution in [0.1, 0.15) is 6.92 Å². The lowest BCUT2D eigenvalue weighted by molar-refractivity contribution is -0.112. The van der Waals surface area contributed by atoms with Crippen molar-refractivity contribution in [2.45, 2.75) is 6.92 Å². The van der Waals surface area contributed by atoms with Crippen molar-refractivity contribution in [1.82, 2.24) is 9.80 Å². The van der Waals surface area contributed by atoms with E-state index in [1.54, 1.807) is 21.0 Å². The zero-order valence-corrected chi connectivity index (χ0v) is 17.2. The van der Waals surface area contributed by atoms with E-state index < -0.39 is 0 Å². The maximum absolute atomic E-state index is 12.2. The molecule has 0 atom stereocenters. The molecule has 0 unspecified atom stereocenters. The molecule has 0 saturated heterocycles. The molecule has 2 amide bonds. The van der Waals surface area contributed by atoms with E-state index in [4.69, 9.17) is 0 Å². The van der Waals surface area contributed by atoms with Gasteiger partial charge in [-0.2, -0.15) is 0 Å². The number of Topliss-reactive ketones (excluding diaryl/α,β-unsaturated/α-hetero) is 1. The summed E-state index contributed by atoms with van der Waals surface area (Å²) in [5.74, 6) is 0.00192. The Bertz CT molecular complexity index is 1010. The molecule has 28 heavy (non-hydrogen) atoms. The highest BCUT2D eigenvalue weighted by Crippen LogP contribution is 2.23. The molecule has 0 saturated carbocycles. The van der Waals surface area contributed by atoms with Crippen LogP contribution in [0.25, 0.3) is 23.4 Å². The van der Waals surface area contributed by atoms with Crippen LogP contribution in [0, 0.1) is 0 Å². The summed E-state index contributed by atoms with van der Waals surface area (Å²) in [7, 11) is 7.10. The number of carbonyl (C=O) groups is 2. The molecule has 0 aliphatic heterocycles. The Kier molecular flexibility index (Phi) is 6.41. The molecule has 0 fully saturated rings. The summed E-state index contributed by atoms with van der Waals surface area (Å²) in [6.07, 6.45) is 1.50. The number of hydrogen-bond donors (Lipinski definition) is 0. The molecule has 2 aromatic carbocycles. The number of ketones is 1. The Morgan fingerprint density at radius 2 is 1.46 bits per heavy atom. The Balaban J connectivity index is 2.45. The SMILES string of the molecule is C=CN(C(=O)N(C)C)c1ccc(-c2cc/c(=C(\C(C)=O)N(C)C)c(=C)c2)cc1. The smallest absolute Gasteiger partial charge is 0.328 e. The molecular formula is C23H27N3O2. The molecule has 0 bridgehead atoms. The average Bonchev–Trinajstić information content (AvgIpc) is 2.63. The normalized spacial score (nSPS) is 11.5. The lowest BCUT2D eigenvalue weighted by Gasteiger charge is -2.22. The lowest BCUT2D eigenvalue weighted by atomic mass is 10.0. The maximum atomic E-state index is 12.2. The Morgan fingerprint density at radius 1 is 0.893 bits per heavy atom. The number of amides is 2. The van der Waals surface area contributed by atoms with Crippen molar-refractivity contribution in [2.24, 2.45) is 0 Å². The van der Waals surface area contributed by atoms with Crippen LogP contribution in [0.15, 0.2) is 55.2 Å². The lowest BCUT2D eigenvalue weighted by Crippen LogP contribution is -2.35. The highest BCUT2D eigenvalue weighted by Gasteiger charge is 2.14. The van der Waals surface area contributed by atoms with Crippen molar-refractivity contribution in [2.75, 3.05) is 33.1 Å². The summed E-state index contributed by atoms with van der Waals surface area (Å²) in [4.78, 5) is 29.0. The fourth-order valence-electron chi connectivity index (χ4n) is 3.07. The van der Waals surface area contributed by atoms with E-state index in [1.807, 2.05) is 61.5 Å². The fourth-order valence-corrected chi connectivity index (χ4v) is 3.07. The molecule has 0 spiro atoms. The third-order valence-electron chi connectivity index (χ3n) is 4.39. The van der Waals surface area contributed by atoms with E-state index in [-0.39, 0.29) is 11.8 Å². The summed E-state index contributed by atoms with van der Waals surface area (Å²) >= 11 is 0. The standard InChI is InChI=1S/C23H27N3O2/c1-8-26(23(28)25(6)7)20-12-9-18(10-13-20)19-11-14-21(16(2)15-19)22(17(3)27)24(4)5/h8-15H,1-2H2,3-7H3/b22-21-. The van der Waals surface area contributed by atoms with Gasteiger partial charge in [-0.1, -0.05) is 37.4 Å². The fraction of sp³-hybridized carbons (Fsp3) is 0.217. The number of hydrogen-bond acceptors (Lipinski definition) is 3. The second-order valence-electron chi connectivity index (χ2n) is 6.95. The molecule has 5 heteroatoms. The number of benzene rings is 2. The van der Waals surface area contributed by atoms with Gasteiger partial charge in [-0.15, -0.1) is 0 Å². The summed E-state index contributed by atoms with van der Waals surface area (Å²) in [5.41, 5.74) is 3.36. The highest BCUT2D eigenvalue weighted by atomic mass is 16.2. The molecule has 0 aromatic heterocycles. The Hall–Kier alpha value is -3.34. The molecule has 0 aliphatic rings. The summed E-state index contributed by atoms with van der Waals surface area (Å²) in [6, 6.07) is 13.4. The van der Waals surface area contributed by atoms with Crippen molar-refractivity contribution in [1.29, 1.82) is 0 Å². The third kappa shape index (κ3) is 4.31. The van der Waals surface area contributed by atoms with Crippen LogP contribution in [0.3, 0.4) is 0 Å². The topological polar surface area (TPSA) is 43.9 Å².